The van der Waals surface area contributed by atoms with E-state index in [2.05, 4.69) is 13.5 Å². The first-order valence-electron chi connectivity index (χ1n) is 14.7. The van der Waals surface area contributed by atoms with Crippen LogP contribution in [0.15, 0.2) is 43.0 Å². The summed E-state index contributed by atoms with van der Waals surface area (Å²) < 4.78 is 56.0. The Balaban J connectivity index is 1.27. The normalized spacial score (nSPS) is 24.2. The Morgan fingerprint density at radius 3 is 2.08 bits per heavy atom. The standard InChI is InChI=1S/C33H43F3O3/c1-3-5-19-38-31-18-15-26(20-29(31)34)39-21-22-7-9-23(10-8-22)27-16-17-28(33(36)32(27)35)24-11-13-25(14-12-24)30(37)6-4-2/h3,15-18,20,22-25,30,37H,1,4-14,19,21H2,2H3. The molecule has 0 amide bonds. The highest BCUT2D eigenvalue weighted by atomic mass is 19.2. The lowest BCUT2D eigenvalue weighted by Gasteiger charge is -2.32. The Bertz CT molecular complexity index is 1070. The summed E-state index contributed by atoms with van der Waals surface area (Å²) in [6.45, 7) is 6.54. The van der Waals surface area contributed by atoms with E-state index in [0.717, 1.165) is 64.2 Å². The highest BCUT2D eigenvalue weighted by Crippen LogP contribution is 2.42. The van der Waals surface area contributed by atoms with E-state index >= 15 is 8.78 Å². The van der Waals surface area contributed by atoms with Gasteiger partial charge in [-0.05, 0) is 111 Å². The van der Waals surface area contributed by atoms with Crippen molar-refractivity contribution in [1.29, 1.82) is 0 Å². The number of aliphatic hydroxyl groups is 1. The van der Waals surface area contributed by atoms with Crippen molar-refractivity contribution >= 4 is 0 Å². The van der Waals surface area contributed by atoms with Crippen LogP contribution in [0.3, 0.4) is 0 Å². The van der Waals surface area contributed by atoms with Crippen LogP contribution in [0.1, 0.15) is 101 Å². The molecular weight excluding hydrogens is 501 g/mol. The van der Waals surface area contributed by atoms with E-state index in [9.17, 15) is 9.50 Å². The summed E-state index contributed by atoms with van der Waals surface area (Å²) in [6.07, 6.45) is 10.4. The molecule has 2 aromatic rings. The van der Waals surface area contributed by atoms with Gasteiger partial charge in [-0.1, -0.05) is 31.6 Å². The van der Waals surface area contributed by atoms with Crippen LogP contribution in [0.25, 0.3) is 0 Å². The van der Waals surface area contributed by atoms with E-state index in [1.54, 1.807) is 30.3 Å². The zero-order valence-electron chi connectivity index (χ0n) is 23.1. The summed E-state index contributed by atoms with van der Waals surface area (Å²) in [5.74, 6) is -0.598. The molecule has 2 fully saturated rings. The summed E-state index contributed by atoms with van der Waals surface area (Å²) in [5.41, 5.74) is 0.975. The van der Waals surface area contributed by atoms with Crippen LogP contribution in [0.2, 0.25) is 0 Å². The quantitative estimate of drug-likeness (QED) is 0.214. The van der Waals surface area contributed by atoms with Crippen molar-refractivity contribution in [2.75, 3.05) is 13.2 Å². The molecule has 3 nitrogen and oxygen atoms in total. The molecule has 2 saturated carbocycles. The van der Waals surface area contributed by atoms with E-state index in [-0.39, 0.29) is 29.6 Å². The topological polar surface area (TPSA) is 38.7 Å². The summed E-state index contributed by atoms with van der Waals surface area (Å²) in [4.78, 5) is 0. The summed E-state index contributed by atoms with van der Waals surface area (Å²) in [6, 6.07) is 8.23. The smallest absolute Gasteiger partial charge is 0.168 e. The predicted molar refractivity (Wildman–Crippen MR) is 149 cm³/mol. The predicted octanol–water partition coefficient (Wildman–Crippen LogP) is 8.85. The Labute approximate surface area is 231 Å². The van der Waals surface area contributed by atoms with Gasteiger partial charge in [0.25, 0.3) is 0 Å². The van der Waals surface area contributed by atoms with Crippen molar-refractivity contribution in [2.45, 2.75) is 95.5 Å². The molecule has 1 unspecified atom stereocenters. The number of ether oxygens (including phenoxy) is 2. The second kappa shape index (κ2) is 14.2. The SMILES string of the molecule is C=CCCOc1ccc(OCC2CCC(c3ccc(C4CCC(C(O)CCC)CC4)c(F)c3F)CC2)cc1F. The minimum Gasteiger partial charge on any atom is -0.493 e. The van der Waals surface area contributed by atoms with Crippen LogP contribution in [0, 0.1) is 29.3 Å². The molecule has 214 valence electrons. The average molecular weight is 545 g/mol. The number of rotatable bonds is 12. The fraction of sp³-hybridized carbons (Fsp3) is 0.576. The van der Waals surface area contributed by atoms with Crippen molar-refractivity contribution in [2.24, 2.45) is 11.8 Å². The number of hydrogen-bond acceptors (Lipinski definition) is 3. The molecule has 1 atom stereocenters. The zero-order chi connectivity index (χ0) is 27.8. The highest BCUT2D eigenvalue weighted by molar-refractivity contribution is 5.33. The van der Waals surface area contributed by atoms with Crippen LogP contribution >= 0.6 is 0 Å². The van der Waals surface area contributed by atoms with E-state index in [1.165, 1.54) is 6.07 Å². The molecule has 2 aliphatic rings. The van der Waals surface area contributed by atoms with Crippen molar-refractivity contribution in [3.8, 4) is 11.5 Å². The lowest BCUT2D eigenvalue weighted by Crippen LogP contribution is -2.25. The van der Waals surface area contributed by atoms with Gasteiger partial charge >= 0.3 is 0 Å². The van der Waals surface area contributed by atoms with Crippen molar-refractivity contribution < 1.29 is 27.8 Å². The monoisotopic (exact) mass is 544 g/mol. The number of hydrogen-bond donors (Lipinski definition) is 1. The lowest BCUT2D eigenvalue weighted by atomic mass is 9.75. The second-order valence-electron chi connectivity index (χ2n) is 11.4. The van der Waals surface area contributed by atoms with Crippen LogP contribution < -0.4 is 9.47 Å². The van der Waals surface area contributed by atoms with E-state index in [4.69, 9.17) is 9.47 Å². The molecule has 0 spiro atoms. The van der Waals surface area contributed by atoms with Crippen LogP contribution in [0.4, 0.5) is 13.2 Å². The van der Waals surface area contributed by atoms with Gasteiger partial charge in [-0.2, -0.15) is 0 Å². The van der Waals surface area contributed by atoms with Gasteiger partial charge < -0.3 is 14.6 Å². The van der Waals surface area contributed by atoms with Gasteiger partial charge in [0.15, 0.2) is 23.2 Å². The van der Waals surface area contributed by atoms with Crippen molar-refractivity contribution in [3.05, 3.63) is 71.6 Å². The number of benzene rings is 2. The number of aliphatic hydroxyl groups excluding tert-OH is 1. The molecule has 39 heavy (non-hydrogen) atoms. The van der Waals surface area contributed by atoms with Crippen LogP contribution in [0.5, 0.6) is 11.5 Å². The molecule has 0 saturated heterocycles. The molecule has 1 N–H and O–H groups in total. The molecule has 4 rings (SSSR count). The second-order valence-corrected chi connectivity index (χ2v) is 11.4. The van der Waals surface area contributed by atoms with Gasteiger partial charge in [0.05, 0.1) is 19.3 Å². The fourth-order valence-corrected chi connectivity index (χ4v) is 6.35. The first kappa shape index (κ1) is 29.5. The van der Waals surface area contributed by atoms with E-state index in [1.807, 2.05) is 0 Å². The molecule has 2 aliphatic carbocycles. The molecule has 0 heterocycles. The summed E-state index contributed by atoms with van der Waals surface area (Å²) in [7, 11) is 0. The molecule has 0 aromatic heterocycles. The van der Waals surface area contributed by atoms with Crippen molar-refractivity contribution in [1.82, 2.24) is 0 Å². The van der Waals surface area contributed by atoms with Gasteiger partial charge in [-0.25, -0.2) is 13.2 Å². The molecule has 0 aliphatic heterocycles. The molecule has 0 bridgehead atoms. The van der Waals surface area contributed by atoms with Crippen LogP contribution in [-0.2, 0) is 0 Å². The Hall–Kier alpha value is -2.47. The maximum atomic E-state index is 15.3. The Kier molecular flexibility index (Phi) is 10.8. The van der Waals surface area contributed by atoms with Gasteiger partial charge in [-0.3, -0.25) is 0 Å². The zero-order valence-corrected chi connectivity index (χ0v) is 23.1. The molecule has 0 radical (unpaired) electrons. The largest absolute Gasteiger partial charge is 0.493 e. The minimum atomic E-state index is -0.689. The van der Waals surface area contributed by atoms with Crippen LogP contribution in [-0.4, -0.2) is 24.4 Å². The lowest BCUT2D eigenvalue weighted by molar-refractivity contribution is 0.0727. The first-order valence-corrected chi connectivity index (χ1v) is 14.7. The summed E-state index contributed by atoms with van der Waals surface area (Å²) >= 11 is 0. The van der Waals surface area contributed by atoms with E-state index < -0.39 is 17.5 Å². The fourth-order valence-electron chi connectivity index (χ4n) is 6.35. The van der Waals surface area contributed by atoms with Gasteiger partial charge in [0.2, 0.25) is 0 Å². The Morgan fingerprint density at radius 2 is 1.51 bits per heavy atom. The van der Waals surface area contributed by atoms with Gasteiger partial charge in [0, 0.05) is 6.07 Å². The average Bonchev–Trinajstić information content (AvgIpc) is 2.95. The van der Waals surface area contributed by atoms with Gasteiger partial charge in [-0.15, -0.1) is 6.58 Å². The summed E-state index contributed by atoms with van der Waals surface area (Å²) in [5, 5.41) is 10.3. The third-order valence-electron chi connectivity index (χ3n) is 8.74. The highest BCUT2D eigenvalue weighted by Gasteiger charge is 2.31. The maximum Gasteiger partial charge on any atom is 0.168 e. The Morgan fingerprint density at radius 1 is 0.897 bits per heavy atom. The van der Waals surface area contributed by atoms with Gasteiger partial charge in [0.1, 0.15) is 5.75 Å². The first-order chi connectivity index (χ1) is 18.9. The third-order valence-corrected chi connectivity index (χ3v) is 8.74. The minimum absolute atomic E-state index is 0.00540. The van der Waals surface area contributed by atoms with Crippen molar-refractivity contribution in [3.63, 3.8) is 0 Å². The molecule has 6 heteroatoms. The molecule has 2 aromatic carbocycles. The molecular formula is C33H43F3O3. The maximum absolute atomic E-state index is 15.3. The number of halogens is 3. The third kappa shape index (κ3) is 7.59. The van der Waals surface area contributed by atoms with E-state index in [0.29, 0.717) is 42.4 Å².